The lowest BCUT2D eigenvalue weighted by Gasteiger charge is -2.04. The Morgan fingerprint density at radius 1 is 0.778 bits per heavy atom. The molecule has 102 valence electrons. The Labute approximate surface area is 110 Å². The summed E-state index contributed by atoms with van der Waals surface area (Å²) in [6.45, 7) is 1.13. The van der Waals surface area contributed by atoms with Crippen molar-refractivity contribution < 1.29 is 18.2 Å². The summed E-state index contributed by atoms with van der Waals surface area (Å²) < 4.78 is 30.0. The van der Waals surface area contributed by atoms with E-state index in [0.29, 0.717) is 13.2 Å². The van der Waals surface area contributed by atoms with Crippen LogP contribution >= 0.6 is 17.4 Å². The second-order valence-corrected chi connectivity index (χ2v) is 5.01. The van der Waals surface area contributed by atoms with Gasteiger partial charge in [0.25, 0.3) is 0 Å². The molecule has 0 aliphatic rings. The lowest BCUT2D eigenvalue weighted by atomic mass is 10.0. The van der Waals surface area contributed by atoms with Gasteiger partial charge in [-0.3, -0.25) is 9.13 Å². The third kappa shape index (κ3) is 7.13. The first-order chi connectivity index (χ1) is 8.86. The third-order valence-corrected chi connectivity index (χ3v) is 3.36. The molecular formula is C12H20O4P2. The Morgan fingerprint density at radius 3 is 1.50 bits per heavy atom. The lowest BCUT2D eigenvalue weighted by molar-refractivity contribution is 0.335. The molecule has 1 rings (SSSR count). The first kappa shape index (κ1) is 15.7. The highest BCUT2D eigenvalue weighted by molar-refractivity contribution is 7.17. The van der Waals surface area contributed by atoms with E-state index in [0.717, 1.165) is 25.7 Å². The average molecular weight is 290 g/mol. The maximum Gasteiger partial charge on any atom is 0.179 e. The second-order valence-electron chi connectivity index (χ2n) is 3.96. The predicted octanol–water partition coefficient (Wildman–Crippen LogP) is 2.93. The Balaban J connectivity index is 2.24. The van der Waals surface area contributed by atoms with E-state index in [4.69, 9.17) is 9.05 Å². The van der Waals surface area contributed by atoms with Crippen LogP contribution in [0.25, 0.3) is 0 Å². The van der Waals surface area contributed by atoms with Crippen LogP contribution < -0.4 is 0 Å². The van der Waals surface area contributed by atoms with E-state index in [1.165, 1.54) is 11.1 Å². The minimum Gasteiger partial charge on any atom is -0.332 e. The molecule has 0 heterocycles. The number of hydrogen-bond donors (Lipinski definition) is 0. The highest BCUT2D eigenvalue weighted by atomic mass is 31.1. The normalized spacial score (nSPS) is 12.0. The van der Waals surface area contributed by atoms with Crippen LogP contribution in [0.2, 0.25) is 0 Å². The molecule has 2 atom stereocenters. The standard InChI is InChI=1S/C12H20O4P2/c13-17-15-9-1-3-11-5-7-12(8-6-11)4-2-10-16-18-14/h5-8H,1-4,9-10,17-18H2. The van der Waals surface area contributed by atoms with Crippen molar-refractivity contribution in [1.29, 1.82) is 0 Å². The summed E-state index contributed by atoms with van der Waals surface area (Å²) in [4.78, 5) is 0. The number of hydrogen-bond acceptors (Lipinski definition) is 4. The lowest BCUT2D eigenvalue weighted by Crippen LogP contribution is -1.93. The molecule has 1 aromatic carbocycles. The van der Waals surface area contributed by atoms with Gasteiger partial charge in [0.05, 0.1) is 13.2 Å². The van der Waals surface area contributed by atoms with Gasteiger partial charge in [-0.05, 0) is 36.8 Å². The van der Waals surface area contributed by atoms with Gasteiger partial charge in [0.1, 0.15) is 0 Å². The summed E-state index contributed by atoms with van der Waals surface area (Å²) in [5.74, 6) is 0. The summed E-state index contributed by atoms with van der Waals surface area (Å²) in [5, 5.41) is 0. The largest absolute Gasteiger partial charge is 0.332 e. The van der Waals surface area contributed by atoms with E-state index in [-0.39, 0.29) is 0 Å². The Kier molecular flexibility index (Phi) is 9.15. The summed E-state index contributed by atoms with van der Waals surface area (Å²) in [5.41, 5.74) is 2.53. The van der Waals surface area contributed by atoms with Gasteiger partial charge in [-0.25, -0.2) is 0 Å². The van der Waals surface area contributed by atoms with Crippen molar-refractivity contribution in [3.05, 3.63) is 35.4 Å². The molecule has 0 spiro atoms. The highest BCUT2D eigenvalue weighted by Gasteiger charge is 1.96. The molecule has 0 amide bonds. The first-order valence-electron chi connectivity index (χ1n) is 6.05. The van der Waals surface area contributed by atoms with Gasteiger partial charge in [-0.15, -0.1) is 0 Å². The Morgan fingerprint density at radius 2 is 1.17 bits per heavy atom. The topological polar surface area (TPSA) is 52.6 Å². The van der Waals surface area contributed by atoms with E-state index < -0.39 is 17.4 Å². The molecule has 0 saturated heterocycles. The van der Waals surface area contributed by atoms with Gasteiger partial charge >= 0.3 is 0 Å². The molecule has 0 radical (unpaired) electrons. The molecule has 4 nitrogen and oxygen atoms in total. The van der Waals surface area contributed by atoms with Crippen LogP contribution in [0.5, 0.6) is 0 Å². The average Bonchev–Trinajstić information content (AvgIpc) is 2.41. The molecule has 6 heteroatoms. The molecule has 0 aromatic heterocycles. The van der Waals surface area contributed by atoms with Crippen LogP contribution in [0.3, 0.4) is 0 Å². The molecular weight excluding hydrogens is 270 g/mol. The van der Waals surface area contributed by atoms with Crippen molar-refractivity contribution in [3.63, 3.8) is 0 Å². The maximum absolute atomic E-state index is 10.2. The summed E-state index contributed by atoms with van der Waals surface area (Å²) in [7, 11) is -2.15. The maximum atomic E-state index is 10.2. The summed E-state index contributed by atoms with van der Waals surface area (Å²) in [6.07, 6.45) is 3.69. The molecule has 0 saturated carbocycles. The summed E-state index contributed by atoms with van der Waals surface area (Å²) in [6, 6.07) is 8.44. The third-order valence-electron chi connectivity index (χ3n) is 2.61. The quantitative estimate of drug-likeness (QED) is 0.491. The molecule has 0 fully saturated rings. The second kappa shape index (κ2) is 10.5. The van der Waals surface area contributed by atoms with Crippen LogP contribution in [-0.4, -0.2) is 13.2 Å². The smallest absolute Gasteiger partial charge is 0.179 e. The van der Waals surface area contributed by atoms with Gasteiger partial charge in [0.15, 0.2) is 17.4 Å². The first-order valence-corrected chi connectivity index (χ1v) is 7.93. The number of benzene rings is 1. The Hall–Kier alpha value is -0.400. The number of rotatable bonds is 10. The van der Waals surface area contributed by atoms with Gasteiger partial charge < -0.3 is 9.05 Å². The van der Waals surface area contributed by atoms with Crippen molar-refractivity contribution in [2.24, 2.45) is 0 Å². The fourth-order valence-corrected chi connectivity index (χ4v) is 2.21. The fourth-order valence-electron chi connectivity index (χ4n) is 1.69. The van der Waals surface area contributed by atoms with Crippen molar-refractivity contribution in [2.75, 3.05) is 13.2 Å². The zero-order valence-corrected chi connectivity index (χ0v) is 12.6. The SMILES string of the molecule is O=[PH2]OCCCc1ccc(CCCO[PH2]=O)cc1. The van der Waals surface area contributed by atoms with Crippen LogP contribution in [0, 0.1) is 0 Å². The van der Waals surface area contributed by atoms with Crippen molar-refractivity contribution in [1.82, 2.24) is 0 Å². The van der Waals surface area contributed by atoms with Crippen molar-refractivity contribution in [2.45, 2.75) is 25.7 Å². The molecule has 0 N–H and O–H groups in total. The van der Waals surface area contributed by atoms with Gasteiger partial charge in [-0.1, -0.05) is 24.3 Å². The van der Waals surface area contributed by atoms with Crippen LogP contribution in [0.4, 0.5) is 0 Å². The van der Waals surface area contributed by atoms with Crippen LogP contribution in [-0.2, 0) is 31.0 Å². The molecule has 0 aliphatic carbocycles. The molecule has 1 aromatic rings. The highest BCUT2D eigenvalue weighted by Crippen LogP contribution is 2.10. The number of aryl methyl sites for hydroxylation is 2. The van der Waals surface area contributed by atoms with Crippen LogP contribution in [0.1, 0.15) is 24.0 Å². The minimum absolute atomic E-state index is 0.565. The predicted molar refractivity (Wildman–Crippen MR) is 75.8 cm³/mol. The molecule has 18 heavy (non-hydrogen) atoms. The van der Waals surface area contributed by atoms with Crippen molar-refractivity contribution >= 4 is 17.4 Å². The van der Waals surface area contributed by atoms with E-state index in [1.807, 2.05) is 0 Å². The van der Waals surface area contributed by atoms with Gasteiger partial charge in [0.2, 0.25) is 0 Å². The van der Waals surface area contributed by atoms with E-state index in [2.05, 4.69) is 24.3 Å². The Bertz CT molecular complexity index is 319. The monoisotopic (exact) mass is 290 g/mol. The van der Waals surface area contributed by atoms with Crippen LogP contribution in [0.15, 0.2) is 24.3 Å². The van der Waals surface area contributed by atoms with E-state index in [9.17, 15) is 9.13 Å². The summed E-state index contributed by atoms with van der Waals surface area (Å²) >= 11 is 0. The molecule has 0 aliphatic heterocycles. The zero-order chi connectivity index (χ0) is 13.1. The van der Waals surface area contributed by atoms with Crippen molar-refractivity contribution in [3.8, 4) is 0 Å². The fraction of sp³-hybridized carbons (Fsp3) is 0.500. The molecule has 0 bridgehead atoms. The van der Waals surface area contributed by atoms with Gasteiger partial charge in [0, 0.05) is 0 Å². The zero-order valence-electron chi connectivity index (χ0n) is 10.3. The van der Waals surface area contributed by atoms with E-state index in [1.54, 1.807) is 0 Å². The van der Waals surface area contributed by atoms with Gasteiger partial charge in [-0.2, -0.15) is 0 Å². The minimum atomic E-state index is -1.07. The molecule has 2 unspecified atom stereocenters. The van der Waals surface area contributed by atoms with E-state index >= 15 is 0 Å².